The van der Waals surface area contributed by atoms with E-state index in [2.05, 4.69) is 5.32 Å². The maximum absolute atomic E-state index is 12.6. The summed E-state index contributed by atoms with van der Waals surface area (Å²) in [5, 5.41) is 2.91. The van der Waals surface area contributed by atoms with Crippen LogP contribution in [0.1, 0.15) is 30.1 Å². The molecule has 1 amide bonds. The number of ether oxygens (including phenoxy) is 2. The third-order valence-corrected chi connectivity index (χ3v) is 4.38. The molecule has 26 heavy (non-hydrogen) atoms. The van der Waals surface area contributed by atoms with Crippen LogP contribution in [-0.2, 0) is 14.3 Å². The third-order valence-electron chi connectivity index (χ3n) is 4.38. The van der Waals surface area contributed by atoms with Crippen LogP contribution in [0.15, 0.2) is 60.2 Å². The van der Waals surface area contributed by atoms with E-state index in [9.17, 15) is 9.59 Å². The Balaban J connectivity index is 1.54. The highest BCUT2D eigenvalue weighted by molar-refractivity contribution is 5.97. The fourth-order valence-electron chi connectivity index (χ4n) is 2.82. The summed E-state index contributed by atoms with van der Waals surface area (Å²) >= 11 is 0. The van der Waals surface area contributed by atoms with Gasteiger partial charge >= 0.3 is 5.97 Å². The molecule has 0 spiro atoms. The molecule has 1 atom stereocenters. The van der Waals surface area contributed by atoms with Gasteiger partial charge < -0.3 is 14.8 Å². The second kappa shape index (κ2) is 7.04. The predicted octanol–water partition coefficient (Wildman–Crippen LogP) is 3.03. The number of amides is 1. The Kier molecular flexibility index (Phi) is 4.44. The molecule has 0 aromatic heterocycles. The number of rotatable bonds is 5. The zero-order chi connectivity index (χ0) is 17.9. The summed E-state index contributed by atoms with van der Waals surface area (Å²) in [5.41, 5.74) is 1.87. The monoisotopic (exact) mass is 349 g/mol. The quantitative estimate of drug-likeness (QED) is 0.843. The third kappa shape index (κ3) is 3.61. The predicted molar refractivity (Wildman–Crippen MR) is 96.4 cm³/mol. The molecule has 1 aliphatic heterocycles. The summed E-state index contributed by atoms with van der Waals surface area (Å²) in [7, 11) is 0. The SMILES string of the molecule is O=C(O[C@@H](C(=O)NC1CC1)c1ccccc1)C1=Cc2ccccc2OC1. The van der Waals surface area contributed by atoms with Gasteiger partial charge in [0.05, 0.1) is 5.57 Å². The summed E-state index contributed by atoms with van der Waals surface area (Å²) < 4.78 is 11.2. The van der Waals surface area contributed by atoms with Crippen molar-refractivity contribution in [2.75, 3.05) is 6.61 Å². The van der Waals surface area contributed by atoms with Crippen molar-refractivity contribution in [3.8, 4) is 5.75 Å². The molecule has 1 N–H and O–H groups in total. The molecule has 5 nitrogen and oxygen atoms in total. The van der Waals surface area contributed by atoms with Crippen LogP contribution in [0.5, 0.6) is 5.75 Å². The van der Waals surface area contributed by atoms with Crippen molar-refractivity contribution < 1.29 is 19.1 Å². The number of carbonyl (C=O) groups excluding carboxylic acids is 2. The minimum Gasteiger partial charge on any atom is -0.488 e. The minimum absolute atomic E-state index is 0.127. The van der Waals surface area contributed by atoms with Gasteiger partial charge in [0.2, 0.25) is 6.10 Å². The molecule has 1 heterocycles. The number of para-hydroxylation sites is 1. The molecule has 132 valence electrons. The van der Waals surface area contributed by atoms with E-state index in [-0.39, 0.29) is 18.6 Å². The maximum atomic E-state index is 12.6. The highest BCUT2D eigenvalue weighted by Crippen LogP contribution is 2.28. The Morgan fingerprint density at radius 3 is 2.54 bits per heavy atom. The highest BCUT2D eigenvalue weighted by Gasteiger charge is 2.32. The molecule has 0 radical (unpaired) electrons. The number of esters is 1. The summed E-state index contributed by atoms with van der Waals surface area (Å²) in [6, 6.07) is 16.7. The largest absolute Gasteiger partial charge is 0.488 e. The van der Waals surface area contributed by atoms with Gasteiger partial charge in [0.25, 0.3) is 5.91 Å². The van der Waals surface area contributed by atoms with Gasteiger partial charge in [-0.25, -0.2) is 4.79 Å². The molecule has 1 aliphatic carbocycles. The average molecular weight is 349 g/mol. The van der Waals surface area contributed by atoms with Gasteiger partial charge in [-0.05, 0) is 25.0 Å². The molecule has 4 rings (SSSR count). The van der Waals surface area contributed by atoms with Crippen LogP contribution in [0.25, 0.3) is 6.08 Å². The van der Waals surface area contributed by atoms with Gasteiger partial charge in [-0.3, -0.25) is 4.79 Å². The lowest BCUT2D eigenvalue weighted by molar-refractivity contribution is -0.153. The number of benzene rings is 2. The molecule has 2 aliphatic rings. The number of nitrogens with one attached hydrogen (secondary N) is 1. The first-order valence-electron chi connectivity index (χ1n) is 8.69. The van der Waals surface area contributed by atoms with Crippen molar-refractivity contribution in [2.45, 2.75) is 25.0 Å². The van der Waals surface area contributed by atoms with Gasteiger partial charge in [-0.15, -0.1) is 0 Å². The van der Waals surface area contributed by atoms with E-state index in [1.165, 1.54) is 0 Å². The fourth-order valence-corrected chi connectivity index (χ4v) is 2.82. The van der Waals surface area contributed by atoms with Gasteiger partial charge in [-0.1, -0.05) is 48.5 Å². The second-order valence-electron chi connectivity index (χ2n) is 6.47. The first kappa shape index (κ1) is 16.4. The molecule has 0 unspecified atom stereocenters. The summed E-state index contributed by atoms with van der Waals surface area (Å²) in [6.45, 7) is 0.127. The zero-order valence-corrected chi connectivity index (χ0v) is 14.2. The molecular formula is C21H19NO4. The van der Waals surface area contributed by atoms with E-state index in [4.69, 9.17) is 9.47 Å². The maximum Gasteiger partial charge on any atom is 0.338 e. The van der Waals surface area contributed by atoms with Crippen LogP contribution in [-0.4, -0.2) is 24.5 Å². The van der Waals surface area contributed by atoms with Crippen molar-refractivity contribution in [3.05, 3.63) is 71.3 Å². The Morgan fingerprint density at radius 1 is 1.04 bits per heavy atom. The van der Waals surface area contributed by atoms with Crippen LogP contribution in [0.4, 0.5) is 0 Å². The second-order valence-corrected chi connectivity index (χ2v) is 6.47. The number of carbonyl (C=O) groups is 2. The van der Waals surface area contributed by atoms with Gasteiger partial charge in [0.1, 0.15) is 12.4 Å². The van der Waals surface area contributed by atoms with E-state index in [1.807, 2.05) is 42.5 Å². The van der Waals surface area contributed by atoms with E-state index in [1.54, 1.807) is 18.2 Å². The number of fused-ring (bicyclic) bond motifs is 1. The molecule has 0 bridgehead atoms. The standard InChI is InChI=1S/C21H19NO4/c23-20(22-17-10-11-17)19(14-6-2-1-3-7-14)26-21(24)16-12-15-8-4-5-9-18(15)25-13-16/h1-9,12,17,19H,10-11,13H2,(H,22,23)/t19-/m1/s1. The Bertz CT molecular complexity index is 855. The van der Waals surface area contributed by atoms with Crippen LogP contribution < -0.4 is 10.1 Å². The van der Waals surface area contributed by atoms with E-state index >= 15 is 0 Å². The Hall–Kier alpha value is -3.08. The van der Waals surface area contributed by atoms with Crippen LogP contribution >= 0.6 is 0 Å². The minimum atomic E-state index is -0.970. The lowest BCUT2D eigenvalue weighted by Crippen LogP contribution is -2.34. The highest BCUT2D eigenvalue weighted by atomic mass is 16.6. The van der Waals surface area contributed by atoms with Crippen LogP contribution in [0, 0.1) is 0 Å². The summed E-state index contributed by atoms with van der Waals surface area (Å²) in [6.07, 6.45) is 2.72. The van der Waals surface area contributed by atoms with E-state index in [0.717, 1.165) is 24.2 Å². The van der Waals surface area contributed by atoms with Crippen LogP contribution in [0.3, 0.4) is 0 Å². The summed E-state index contributed by atoms with van der Waals surface area (Å²) in [4.78, 5) is 25.2. The molecule has 1 saturated carbocycles. The Labute approximate surface area is 151 Å². The van der Waals surface area contributed by atoms with Gasteiger partial charge in [-0.2, -0.15) is 0 Å². The molecule has 2 aromatic carbocycles. The summed E-state index contributed by atoms with van der Waals surface area (Å²) in [5.74, 6) is -0.0979. The smallest absolute Gasteiger partial charge is 0.338 e. The number of hydrogen-bond acceptors (Lipinski definition) is 4. The molecule has 5 heteroatoms. The fraction of sp³-hybridized carbons (Fsp3) is 0.238. The zero-order valence-electron chi connectivity index (χ0n) is 14.2. The van der Waals surface area contributed by atoms with Crippen molar-refractivity contribution in [1.82, 2.24) is 5.32 Å². The van der Waals surface area contributed by atoms with Crippen molar-refractivity contribution >= 4 is 18.0 Å². The van der Waals surface area contributed by atoms with E-state index < -0.39 is 12.1 Å². The average Bonchev–Trinajstić information content (AvgIpc) is 3.50. The van der Waals surface area contributed by atoms with Gasteiger partial charge in [0, 0.05) is 17.2 Å². The molecule has 1 fully saturated rings. The van der Waals surface area contributed by atoms with Crippen molar-refractivity contribution in [2.24, 2.45) is 0 Å². The normalized spacial score (nSPS) is 16.5. The molecular weight excluding hydrogens is 330 g/mol. The van der Waals surface area contributed by atoms with Crippen molar-refractivity contribution in [1.29, 1.82) is 0 Å². The molecule has 2 aromatic rings. The lowest BCUT2D eigenvalue weighted by atomic mass is 10.1. The first-order valence-corrected chi connectivity index (χ1v) is 8.69. The first-order chi connectivity index (χ1) is 12.7. The lowest BCUT2D eigenvalue weighted by Gasteiger charge is -2.21. The molecule has 0 saturated heterocycles. The topological polar surface area (TPSA) is 64.6 Å². The Morgan fingerprint density at radius 2 is 1.77 bits per heavy atom. The van der Waals surface area contributed by atoms with Gasteiger partial charge in [0.15, 0.2) is 0 Å². The van der Waals surface area contributed by atoms with E-state index in [0.29, 0.717) is 11.1 Å². The van der Waals surface area contributed by atoms with Crippen molar-refractivity contribution in [3.63, 3.8) is 0 Å². The number of hydrogen-bond donors (Lipinski definition) is 1. The van der Waals surface area contributed by atoms with Crippen LogP contribution in [0.2, 0.25) is 0 Å².